The maximum Gasteiger partial charge on any atom is 0.250 e. The summed E-state index contributed by atoms with van der Waals surface area (Å²) < 4.78 is 28.7. The molecule has 0 aromatic carbocycles. The van der Waals surface area contributed by atoms with Gasteiger partial charge in [0.2, 0.25) is 10.0 Å². The van der Waals surface area contributed by atoms with Gasteiger partial charge < -0.3 is 4.90 Å². The number of hydrogen-bond donors (Lipinski definition) is 1. The van der Waals surface area contributed by atoms with Gasteiger partial charge in [0.1, 0.15) is 4.21 Å². The van der Waals surface area contributed by atoms with E-state index in [1.807, 2.05) is 6.92 Å². The van der Waals surface area contributed by atoms with Crippen molar-refractivity contribution in [3.8, 4) is 0 Å². The molecule has 0 spiro atoms. The third-order valence-electron chi connectivity index (χ3n) is 3.63. The lowest BCUT2D eigenvalue weighted by molar-refractivity contribution is 0.178. The van der Waals surface area contributed by atoms with E-state index in [1.165, 1.54) is 11.3 Å². The highest BCUT2D eigenvalue weighted by Gasteiger charge is 2.28. The zero-order valence-corrected chi connectivity index (χ0v) is 14.5. The lowest BCUT2D eigenvalue weighted by atomic mass is 10.0. The molecule has 4 nitrogen and oxygen atoms in total. The minimum absolute atomic E-state index is 0.0392. The van der Waals surface area contributed by atoms with Crippen molar-refractivity contribution in [1.82, 2.24) is 9.62 Å². The summed E-state index contributed by atoms with van der Waals surface area (Å²) in [4.78, 5) is 2.26. The minimum atomic E-state index is -3.38. The molecule has 108 valence electrons. The van der Waals surface area contributed by atoms with Crippen molar-refractivity contribution in [1.29, 1.82) is 0 Å². The second-order valence-corrected chi connectivity index (χ2v) is 9.51. The number of sulfonamides is 1. The highest BCUT2D eigenvalue weighted by Crippen LogP contribution is 2.31. The van der Waals surface area contributed by atoms with Gasteiger partial charge in [0.25, 0.3) is 0 Å². The van der Waals surface area contributed by atoms with E-state index in [2.05, 4.69) is 39.5 Å². The van der Waals surface area contributed by atoms with E-state index in [1.54, 1.807) is 6.07 Å². The van der Waals surface area contributed by atoms with Gasteiger partial charge in [-0.15, -0.1) is 11.3 Å². The molecule has 1 fully saturated rings. The lowest BCUT2D eigenvalue weighted by Gasteiger charge is -2.35. The van der Waals surface area contributed by atoms with Crippen LogP contribution in [-0.2, 0) is 10.0 Å². The van der Waals surface area contributed by atoms with Crippen LogP contribution in [-0.4, -0.2) is 39.0 Å². The Morgan fingerprint density at radius 2 is 2.21 bits per heavy atom. The monoisotopic (exact) mass is 366 g/mol. The van der Waals surface area contributed by atoms with Gasteiger partial charge in [0.05, 0.1) is 3.79 Å². The quantitative estimate of drug-likeness (QED) is 0.894. The van der Waals surface area contributed by atoms with Gasteiger partial charge in [0.15, 0.2) is 0 Å². The summed E-state index contributed by atoms with van der Waals surface area (Å²) in [7, 11) is -1.30. The van der Waals surface area contributed by atoms with E-state index in [9.17, 15) is 8.42 Å². The van der Waals surface area contributed by atoms with Crippen molar-refractivity contribution in [2.75, 3.05) is 13.6 Å². The molecule has 1 aromatic heterocycles. The van der Waals surface area contributed by atoms with Gasteiger partial charge in [0, 0.05) is 12.1 Å². The highest BCUT2D eigenvalue weighted by atomic mass is 79.9. The maximum atomic E-state index is 12.3. The van der Waals surface area contributed by atoms with E-state index in [4.69, 9.17) is 0 Å². The normalized spacial score (nSPS) is 25.7. The van der Waals surface area contributed by atoms with Crippen LogP contribution in [0.5, 0.6) is 0 Å². The maximum absolute atomic E-state index is 12.3. The Morgan fingerprint density at radius 3 is 2.74 bits per heavy atom. The summed E-state index contributed by atoms with van der Waals surface area (Å²) in [5.41, 5.74) is 0.960. The molecular weight excluding hydrogens is 348 g/mol. The molecule has 0 radical (unpaired) electrons. The van der Waals surface area contributed by atoms with Crippen LogP contribution in [0.1, 0.15) is 25.3 Å². The van der Waals surface area contributed by atoms with Gasteiger partial charge in [-0.25, -0.2) is 13.1 Å². The summed E-state index contributed by atoms with van der Waals surface area (Å²) in [5.74, 6) is 0. The van der Waals surface area contributed by atoms with Crippen LogP contribution in [0.2, 0.25) is 0 Å². The third-order valence-corrected chi connectivity index (χ3v) is 7.76. The Bertz CT molecular complexity index is 537. The van der Waals surface area contributed by atoms with Crippen molar-refractivity contribution in [2.45, 2.75) is 43.0 Å². The average molecular weight is 367 g/mol. The molecule has 7 heteroatoms. The van der Waals surface area contributed by atoms with Crippen LogP contribution in [0.15, 0.2) is 14.1 Å². The van der Waals surface area contributed by atoms with Crippen LogP contribution in [0.3, 0.4) is 0 Å². The molecule has 19 heavy (non-hydrogen) atoms. The Balaban J connectivity index is 2.09. The molecule has 0 amide bonds. The van der Waals surface area contributed by atoms with Crippen LogP contribution >= 0.6 is 27.3 Å². The van der Waals surface area contributed by atoms with Crippen molar-refractivity contribution < 1.29 is 8.42 Å². The Kier molecular flexibility index (Phi) is 4.72. The van der Waals surface area contributed by atoms with E-state index in [0.717, 1.165) is 28.7 Å². The van der Waals surface area contributed by atoms with Crippen molar-refractivity contribution >= 4 is 37.3 Å². The molecule has 0 aliphatic carbocycles. The molecule has 1 N–H and O–H groups in total. The van der Waals surface area contributed by atoms with Crippen molar-refractivity contribution in [3.05, 3.63) is 15.4 Å². The molecule has 2 unspecified atom stereocenters. The number of aryl methyl sites for hydroxylation is 1. The number of piperidine rings is 1. The van der Waals surface area contributed by atoms with Gasteiger partial charge in [-0.05, 0) is 67.8 Å². The summed E-state index contributed by atoms with van der Waals surface area (Å²) in [5, 5.41) is 0. The Labute approximate surface area is 127 Å². The number of nitrogens with zero attached hydrogens (tertiary/aromatic N) is 1. The Hall–Kier alpha value is 0.0500. The lowest BCUT2D eigenvalue weighted by Crippen LogP contribution is -2.47. The van der Waals surface area contributed by atoms with E-state index >= 15 is 0 Å². The number of nitrogens with one attached hydrogen (secondary N) is 1. The van der Waals surface area contributed by atoms with Gasteiger partial charge >= 0.3 is 0 Å². The molecule has 1 aliphatic rings. The first-order chi connectivity index (χ1) is 8.79. The number of likely N-dealkylation sites (tertiary alicyclic amines) is 1. The fourth-order valence-corrected chi connectivity index (χ4v) is 5.76. The summed E-state index contributed by atoms with van der Waals surface area (Å²) >= 11 is 4.64. The number of rotatable bonds is 3. The minimum Gasteiger partial charge on any atom is -0.304 e. The molecular formula is C12H19BrN2O2S2. The number of thiophene rings is 1. The predicted molar refractivity (Wildman–Crippen MR) is 82.2 cm³/mol. The van der Waals surface area contributed by atoms with Crippen LogP contribution < -0.4 is 4.72 Å². The molecule has 0 bridgehead atoms. The fraction of sp³-hybridized carbons (Fsp3) is 0.667. The molecule has 0 saturated carbocycles. The zero-order valence-electron chi connectivity index (χ0n) is 11.3. The fourth-order valence-electron chi connectivity index (χ4n) is 2.24. The predicted octanol–water partition coefficient (Wildman–Crippen LogP) is 2.58. The van der Waals surface area contributed by atoms with Crippen LogP contribution in [0.4, 0.5) is 0 Å². The van der Waals surface area contributed by atoms with Gasteiger partial charge in [-0.3, -0.25) is 0 Å². The molecule has 1 aromatic rings. The third kappa shape index (κ3) is 3.58. The smallest absolute Gasteiger partial charge is 0.250 e. The van der Waals surface area contributed by atoms with E-state index in [0.29, 0.717) is 10.3 Å². The Morgan fingerprint density at radius 1 is 1.53 bits per heavy atom. The molecule has 2 rings (SSSR count). The standard InChI is InChI=1S/C12H19BrN2O2S2/c1-8-6-11(18-12(8)13)19(16,17)14-10-4-5-15(3)9(2)7-10/h6,9-10,14H,4-5,7H2,1-3H3. The first-order valence-electron chi connectivity index (χ1n) is 6.28. The van der Waals surface area contributed by atoms with Gasteiger partial charge in [-0.1, -0.05) is 0 Å². The molecule has 1 aliphatic heterocycles. The SMILES string of the molecule is Cc1cc(S(=O)(=O)NC2CCN(C)C(C)C2)sc1Br. The number of hydrogen-bond acceptors (Lipinski definition) is 4. The van der Waals surface area contributed by atoms with E-state index < -0.39 is 10.0 Å². The topological polar surface area (TPSA) is 49.4 Å². The first-order valence-corrected chi connectivity index (χ1v) is 9.37. The highest BCUT2D eigenvalue weighted by molar-refractivity contribution is 9.11. The summed E-state index contributed by atoms with van der Waals surface area (Å²) in [6.45, 7) is 4.96. The summed E-state index contributed by atoms with van der Waals surface area (Å²) in [6.07, 6.45) is 1.73. The second kappa shape index (κ2) is 5.81. The molecule has 1 saturated heterocycles. The number of halogens is 1. The van der Waals surface area contributed by atoms with Crippen molar-refractivity contribution in [2.24, 2.45) is 0 Å². The summed E-state index contributed by atoms with van der Waals surface area (Å²) in [6, 6.07) is 2.17. The van der Waals surface area contributed by atoms with Crippen LogP contribution in [0.25, 0.3) is 0 Å². The van der Waals surface area contributed by atoms with Gasteiger partial charge in [-0.2, -0.15) is 0 Å². The van der Waals surface area contributed by atoms with Crippen molar-refractivity contribution in [3.63, 3.8) is 0 Å². The largest absolute Gasteiger partial charge is 0.304 e. The molecule has 2 atom stereocenters. The van der Waals surface area contributed by atoms with E-state index in [-0.39, 0.29) is 6.04 Å². The molecule has 2 heterocycles. The van der Waals surface area contributed by atoms with Crippen LogP contribution in [0, 0.1) is 6.92 Å². The average Bonchev–Trinajstić information content (AvgIpc) is 2.65. The zero-order chi connectivity index (χ0) is 14.2. The first kappa shape index (κ1) is 15.4. The second-order valence-electron chi connectivity index (χ2n) is 5.19.